The van der Waals surface area contributed by atoms with Gasteiger partial charge in [0.05, 0.1) is 11.1 Å². The maximum Gasteiger partial charge on any atom is 0.342 e. The maximum atomic E-state index is 12.4. The number of carbonyl (C=O) groups is 2. The van der Waals surface area contributed by atoms with Gasteiger partial charge in [0.1, 0.15) is 23.2 Å². The van der Waals surface area contributed by atoms with E-state index in [0.717, 1.165) is 6.07 Å². The van der Waals surface area contributed by atoms with Gasteiger partial charge in [0.2, 0.25) is 0 Å². The largest absolute Gasteiger partial charge is 0.507 e. The second kappa shape index (κ2) is 8.18. The van der Waals surface area contributed by atoms with Crippen molar-refractivity contribution in [2.45, 2.75) is 38.4 Å². The van der Waals surface area contributed by atoms with E-state index in [-0.39, 0.29) is 29.0 Å². The van der Waals surface area contributed by atoms with Crippen LogP contribution < -0.4 is 0 Å². The van der Waals surface area contributed by atoms with Crippen molar-refractivity contribution in [3.8, 4) is 11.5 Å². The van der Waals surface area contributed by atoms with Gasteiger partial charge >= 0.3 is 5.97 Å². The van der Waals surface area contributed by atoms with Gasteiger partial charge in [-0.2, -0.15) is 0 Å². The van der Waals surface area contributed by atoms with Crippen LogP contribution in [0.15, 0.2) is 30.4 Å². The van der Waals surface area contributed by atoms with E-state index in [1.165, 1.54) is 12.2 Å². The number of fused-ring (bicyclic) bond motifs is 1. The third kappa shape index (κ3) is 4.84. The van der Waals surface area contributed by atoms with E-state index in [4.69, 9.17) is 16.3 Å². The van der Waals surface area contributed by atoms with Crippen LogP contribution in [0.25, 0.3) is 0 Å². The number of hydrogen-bond donors (Lipinski definition) is 3. The Morgan fingerprint density at radius 3 is 2.60 bits per heavy atom. The summed E-state index contributed by atoms with van der Waals surface area (Å²) < 4.78 is 5.27. The summed E-state index contributed by atoms with van der Waals surface area (Å²) in [6.07, 6.45) is 5.06. The number of halogens is 1. The van der Waals surface area contributed by atoms with Crippen LogP contribution in [0.3, 0.4) is 0 Å². The molecule has 1 aliphatic heterocycles. The van der Waals surface area contributed by atoms with Gasteiger partial charge in [-0.1, -0.05) is 29.8 Å². The van der Waals surface area contributed by atoms with E-state index < -0.39 is 35.5 Å². The van der Waals surface area contributed by atoms with Crippen molar-refractivity contribution in [2.75, 3.05) is 0 Å². The van der Waals surface area contributed by atoms with Gasteiger partial charge in [-0.15, -0.1) is 0 Å². The molecule has 2 atom stereocenters. The molecule has 134 valence electrons. The van der Waals surface area contributed by atoms with E-state index in [1.807, 2.05) is 0 Å². The summed E-state index contributed by atoms with van der Waals surface area (Å²) in [7, 11) is 0. The minimum atomic E-state index is -0.843. The number of benzene rings is 1. The molecule has 0 aliphatic carbocycles. The molecule has 0 saturated heterocycles. The van der Waals surface area contributed by atoms with Gasteiger partial charge in [0, 0.05) is 24.5 Å². The number of ether oxygens (including phenoxy) is 1. The predicted octanol–water partition coefficient (Wildman–Crippen LogP) is 2.68. The van der Waals surface area contributed by atoms with Crippen molar-refractivity contribution in [3.63, 3.8) is 0 Å². The predicted molar refractivity (Wildman–Crippen MR) is 91.9 cm³/mol. The van der Waals surface area contributed by atoms with Crippen LogP contribution in [0.4, 0.5) is 0 Å². The zero-order chi connectivity index (χ0) is 18.6. The fourth-order valence-corrected chi connectivity index (χ4v) is 2.66. The SMILES string of the molecule is C[C@@H]1C/C=C/[C@@H](O)C/C=C/C(=O)Cc2c(Cl)c(O)cc(O)c2C(=O)O1. The molecule has 1 aromatic rings. The molecule has 3 N–H and O–H groups in total. The summed E-state index contributed by atoms with van der Waals surface area (Å²) >= 11 is 6.03. The maximum absolute atomic E-state index is 12.4. The van der Waals surface area contributed by atoms with Crippen LogP contribution in [-0.4, -0.2) is 39.3 Å². The Morgan fingerprint density at radius 2 is 1.88 bits per heavy atom. The minimum absolute atomic E-state index is 0.000772. The number of aromatic hydroxyl groups is 2. The van der Waals surface area contributed by atoms with Gasteiger partial charge in [0.15, 0.2) is 5.78 Å². The number of aliphatic hydroxyl groups is 1. The number of aliphatic hydroxyl groups excluding tert-OH is 1. The third-order valence-electron chi connectivity index (χ3n) is 3.69. The van der Waals surface area contributed by atoms with Crippen LogP contribution in [0, 0.1) is 0 Å². The first kappa shape index (κ1) is 19.0. The highest BCUT2D eigenvalue weighted by Crippen LogP contribution is 2.37. The number of hydrogen-bond acceptors (Lipinski definition) is 6. The summed E-state index contributed by atoms with van der Waals surface area (Å²) in [5.74, 6) is -2.19. The van der Waals surface area contributed by atoms with Crippen LogP contribution in [-0.2, 0) is 16.0 Å². The lowest BCUT2D eigenvalue weighted by Gasteiger charge is -2.16. The number of allylic oxidation sites excluding steroid dienone is 1. The van der Waals surface area contributed by atoms with E-state index >= 15 is 0 Å². The van der Waals surface area contributed by atoms with E-state index in [0.29, 0.717) is 6.42 Å². The Hall–Kier alpha value is -2.31. The number of rotatable bonds is 0. The van der Waals surface area contributed by atoms with E-state index in [2.05, 4.69) is 0 Å². The number of phenolic OH excluding ortho intramolecular Hbond substituents is 2. The number of esters is 1. The second-order valence-corrected chi connectivity index (χ2v) is 6.19. The van der Waals surface area contributed by atoms with Crippen LogP contribution in [0.2, 0.25) is 5.02 Å². The summed E-state index contributed by atoms with van der Waals surface area (Å²) in [4.78, 5) is 24.5. The molecule has 0 aromatic heterocycles. The molecule has 0 fully saturated rings. The van der Waals surface area contributed by atoms with Crippen molar-refractivity contribution < 1.29 is 29.6 Å². The Kier molecular flexibility index (Phi) is 6.22. The number of cyclic esters (lactones) is 1. The Labute approximate surface area is 150 Å². The first-order chi connectivity index (χ1) is 11.8. The highest BCUT2D eigenvalue weighted by molar-refractivity contribution is 6.33. The highest BCUT2D eigenvalue weighted by atomic mass is 35.5. The number of ketones is 1. The standard InChI is InChI=1S/C18H19ClO6/c1-10-4-2-5-11(20)6-3-7-12(21)8-13-16(18(24)25-10)14(22)9-15(23)17(13)19/h2-3,5,7,9-11,20,22-23H,4,6,8H2,1H3/b5-2+,7-3+/t10-,11-/m1/s1. The molecule has 25 heavy (non-hydrogen) atoms. The second-order valence-electron chi connectivity index (χ2n) is 5.81. The molecule has 2 rings (SSSR count). The molecule has 0 unspecified atom stereocenters. The normalized spacial score (nSPS) is 24.8. The molecule has 0 bridgehead atoms. The molecule has 7 heteroatoms. The summed E-state index contributed by atoms with van der Waals surface area (Å²) in [5, 5.41) is 29.4. The quantitative estimate of drug-likeness (QED) is 0.481. The first-order valence-electron chi connectivity index (χ1n) is 7.78. The Morgan fingerprint density at radius 1 is 1.16 bits per heavy atom. The highest BCUT2D eigenvalue weighted by Gasteiger charge is 2.25. The van der Waals surface area contributed by atoms with Gasteiger partial charge in [-0.25, -0.2) is 4.79 Å². The minimum Gasteiger partial charge on any atom is -0.507 e. The Balaban J connectivity index is 2.49. The average Bonchev–Trinajstić information content (AvgIpc) is 2.51. The topological polar surface area (TPSA) is 104 Å². The average molecular weight is 367 g/mol. The van der Waals surface area contributed by atoms with Crippen LogP contribution in [0.1, 0.15) is 35.7 Å². The molecule has 6 nitrogen and oxygen atoms in total. The molecule has 1 aliphatic rings. The first-order valence-corrected chi connectivity index (χ1v) is 8.15. The van der Waals surface area contributed by atoms with Crippen molar-refractivity contribution in [1.29, 1.82) is 0 Å². The van der Waals surface area contributed by atoms with Crippen molar-refractivity contribution >= 4 is 23.4 Å². The van der Waals surface area contributed by atoms with Gasteiger partial charge < -0.3 is 20.1 Å². The summed E-state index contributed by atoms with van der Waals surface area (Å²) in [6.45, 7) is 1.66. The molecular formula is C18H19ClO6. The summed E-state index contributed by atoms with van der Waals surface area (Å²) in [5.41, 5.74) is -0.239. The van der Waals surface area contributed by atoms with Gasteiger partial charge in [0.25, 0.3) is 0 Å². The van der Waals surface area contributed by atoms with Crippen molar-refractivity contribution in [2.24, 2.45) is 0 Å². The number of carbonyl (C=O) groups excluding carboxylic acids is 2. The van der Waals surface area contributed by atoms with E-state index in [1.54, 1.807) is 19.1 Å². The zero-order valence-corrected chi connectivity index (χ0v) is 14.4. The summed E-state index contributed by atoms with van der Waals surface area (Å²) in [6, 6.07) is 0.937. The van der Waals surface area contributed by atoms with E-state index in [9.17, 15) is 24.9 Å². The fraction of sp³-hybridized carbons (Fsp3) is 0.333. The van der Waals surface area contributed by atoms with Gasteiger partial charge in [-0.05, 0) is 19.4 Å². The fourth-order valence-electron chi connectivity index (χ4n) is 2.45. The zero-order valence-electron chi connectivity index (χ0n) is 13.6. The molecule has 1 heterocycles. The molecule has 0 saturated carbocycles. The van der Waals surface area contributed by atoms with Crippen molar-refractivity contribution in [3.05, 3.63) is 46.5 Å². The molecule has 0 spiro atoms. The lowest BCUT2D eigenvalue weighted by Crippen LogP contribution is -2.18. The lowest BCUT2D eigenvalue weighted by atomic mass is 9.99. The molecular weight excluding hydrogens is 348 g/mol. The number of phenols is 2. The van der Waals surface area contributed by atoms with Crippen LogP contribution in [0.5, 0.6) is 11.5 Å². The third-order valence-corrected chi connectivity index (χ3v) is 4.11. The molecule has 0 radical (unpaired) electrons. The molecule has 0 amide bonds. The Bertz CT molecular complexity index is 738. The van der Waals surface area contributed by atoms with Crippen molar-refractivity contribution in [1.82, 2.24) is 0 Å². The monoisotopic (exact) mass is 366 g/mol. The molecule has 1 aromatic carbocycles. The smallest absolute Gasteiger partial charge is 0.342 e. The van der Waals surface area contributed by atoms with Gasteiger partial charge in [-0.3, -0.25) is 4.79 Å². The lowest BCUT2D eigenvalue weighted by molar-refractivity contribution is -0.114. The van der Waals surface area contributed by atoms with Crippen LogP contribution >= 0.6 is 11.6 Å².